The van der Waals surface area contributed by atoms with Gasteiger partial charge >= 0.3 is 0 Å². The summed E-state index contributed by atoms with van der Waals surface area (Å²) in [4.78, 5) is 0. The van der Waals surface area contributed by atoms with Gasteiger partial charge in [0, 0.05) is 5.92 Å². The van der Waals surface area contributed by atoms with Crippen molar-refractivity contribution < 1.29 is 0 Å². The SMILES string of the molecule is CC1CCCC1c1nnc(N)n1N. The summed E-state index contributed by atoms with van der Waals surface area (Å²) in [7, 11) is 0. The zero-order valence-electron chi connectivity index (χ0n) is 7.77. The minimum atomic E-state index is 0.300. The Bertz CT molecular complexity index is 305. The molecule has 1 aromatic rings. The summed E-state index contributed by atoms with van der Waals surface area (Å²) in [5.41, 5.74) is 5.52. The van der Waals surface area contributed by atoms with Crippen molar-refractivity contribution in [2.75, 3.05) is 11.6 Å². The van der Waals surface area contributed by atoms with Crippen LogP contribution in [0.25, 0.3) is 0 Å². The van der Waals surface area contributed by atoms with Crippen LogP contribution in [0.1, 0.15) is 37.9 Å². The quantitative estimate of drug-likeness (QED) is 0.617. The van der Waals surface area contributed by atoms with E-state index in [0.717, 1.165) is 12.2 Å². The van der Waals surface area contributed by atoms with Crippen LogP contribution in [0.15, 0.2) is 0 Å². The second kappa shape index (κ2) is 2.90. The molecule has 0 radical (unpaired) electrons. The van der Waals surface area contributed by atoms with Gasteiger partial charge in [0.25, 0.3) is 0 Å². The van der Waals surface area contributed by atoms with Crippen LogP contribution in [0.4, 0.5) is 5.95 Å². The lowest BCUT2D eigenvalue weighted by molar-refractivity contribution is 0.500. The van der Waals surface area contributed by atoms with Gasteiger partial charge in [-0.2, -0.15) is 0 Å². The predicted octanol–water partition coefficient (Wildman–Crippen LogP) is 0.478. The van der Waals surface area contributed by atoms with Crippen molar-refractivity contribution in [1.82, 2.24) is 14.9 Å². The Labute approximate surface area is 77.1 Å². The second-order valence-corrected chi connectivity index (χ2v) is 3.80. The van der Waals surface area contributed by atoms with Crippen LogP contribution in [0.5, 0.6) is 0 Å². The van der Waals surface area contributed by atoms with Crippen molar-refractivity contribution in [3.05, 3.63) is 5.82 Å². The highest BCUT2D eigenvalue weighted by Crippen LogP contribution is 2.38. The molecule has 4 N–H and O–H groups in total. The fourth-order valence-corrected chi connectivity index (χ4v) is 2.10. The molecule has 5 nitrogen and oxygen atoms in total. The first-order valence-corrected chi connectivity index (χ1v) is 4.66. The number of hydrogen-bond donors (Lipinski definition) is 2. The first-order chi connectivity index (χ1) is 6.20. The molecule has 0 saturated heterocycles. The number of anilines is 1. The molecule has 2 atom stereocenters. The van der Waals surface area contributed by atoms with Gasteiger partial charge in [-0.3, -0.25) is 0 Å². The smallest absolute Gasteiger partial charge is 0.240 e. The summed E-state index contributed by atoms with van der Waals surface area (Å²) in [6.07, 6.45) is 3.65. The Morgan fingerprint density at radius 2 is 2.15 bits per heavy atom. The topological polar surface area (TPSA) is 82.8 Å². The number of nitrogens with two attached hydrogens (primary N) is 2. The van der Waals surface area contributed by atoms with Crippen molar-refractivity contribution >= 4 is 5.95 Å². The molecular formula is C8H15N5. The van der Waals surface area contributed by atoms with Crippen molar-refractivity contribution in [2.45, 2.75) is 32.1 Å². The maximum Gasteiger partial charge on any atom is 0.240 e. The third-order valence-electron chi connectivity index (χ3n) is 2.94. The molecule has 0 aromatic carbocycles. The molecule has 0 spiro atoms. The van der Waals surface area contributed by atoms with Crippen molar-refractivity contribution in [3.63, 3.8) is 0 Å². The van der Waals surface area contributed by atoms with Gasteiger partial charge < -0.3 is 11.6 Å². The van der Waals surface area contributed by atoms with Gasteiger partial charge in [0.1, 0.15) is 0 Å². The number of rotatable bonds is 1. The summed E-state index contributed by atoms with van der Waals surface area (Å²) in [6, 6.07) is 0. The molecule has 1 saturated carbocycles. The van der Waals surface area contributed by atoms with Gasteiger partial charge in [0.2, 0.25) is 5.95 Å². The fourth-order valence-electron chi connectivity index (χ4n) is 2.10. The summed E-state index contributed by atoms with van der Waals surface area (Å²) in [6.45, 7) is 2.22. The van der Waals surface area contributed by atoms with E-state index in [2.05, 4.69) is 17.1 Å². The molecule has 1 aromatic heterocycles. The second-order valence-electron chi connectivity index (χ2n) is 3.80. The first kappa shape index (κ1) is 8.34. The molecule has 1 heterocycles. The molecule has 2 unspecified atom stereocenters. The summed E-state index contributed by atoms with van der Waals surface area (Å²) in [5, 5.41) is 7.77. The van der Waals surface area contributed by atoms with Crippen LogP contribution in [0.2, 0.25) is 0 Å². The molecular weight excluding hydrogens is 166 g/mol. The van der Waals surface area contributed by atoms with E-state index in [9.17, 15) is 0 Å². The summed E-state index contributed by atoms with van der Waals surface area (Å²) < 4.78 is 1.41. The standard InChI is InChI=1S/C8H15N5/c1-5-3-2-4-6(5)7-11-12-8(9)13(7)10/h5-6H,2-4,10H2,1H3,(H2,9,12). The van der Waals surface area contributed by atoms with Crippen LogP contribution in [0.3, 0.4) is 0 Å². The first-order valence-electron chi connectivity index (χ1n) is 4.66. The van der Waals surface area contributed by atoms with E-state index in [1.54, 1.807) is 0 Å². The molecule has 0 aliphatic heterocycles. The van der Waals surface area contributed by atoms with Gasteiger partial charge in [0.05, 0.1) is 0 Å². The van der Waals surface area contributed by atoms with Crippen molar-refractivity contribution in [3.8, 4) is 0 Å². The van der Waals surface area contributed by atoms with E-state index in [-0.39, 0.29) is 0 Å². The average Bonchev–Trinajstić information content (AvgIpc) is 2.62. The summed E-state index contributed by atoms with van der Waals surface area (Å²) >= 11 is 0. The van der Waals surface area contributed by atoms with Crippen LogP contribution in [-0.4, -0.2) is 14.9 Å². The van der Waals surface area contributed by atoms with Gasteiger partial charge in [-0.25, -0.2) is 4.68 Å². The predicted molar refractivity (Wildman–Crippen MR) is 50.3 cm³/mol. The van der Waals surface area contributed by atoms with Crippen LogP contribution < -0.4 is 11.6 Å². The lowest BCUT2D eigenvalue weighted by Gasteiger charge is -2.13. The molecule has 1 aliphatic rings. The van der Waals surface area contributed by atoms with E-state index in [1.165, 1.54) is 17.5 Å². The van der Waals surface area contributed by atoms with Gasteiger partial charge in [0.15, 0.2) is 5.82 Å². The lowest BCUT2D eigenvalue weighted by Crippen LogP contribution is -2.19. The molecule has 1 aliphatic carbocycles. The Morgan fingerprint density at radius 3 is 2.62 bits per heavy atom. The Balaban J connectivity index is 2.29. The van der Waals surface area contributed by atoms with E-state index in [1.807, 2.05) is 0 Å². The third-order valence-corrected chi connectivity index (χ3v) is 2.94. The molecule has 13 heavy (non-hydrogen) atoms. The van der Waals surface area contributed by atoms with Crippen LogP contribution in [0, 0.1) is 5.92 Å². The maximum absolute atomic E-state index is 5.71. The van der Waals surface area contributed by atoms with E-state index >= 15 is 0 Å². The Morgan fingerprint density at radius 1 is 1.38 bits per heavy atom. The molecule has 1 fully saturated rings. The number of aromatic nitrogens is 3. The fraction of sp³-hybridized carbons (Fsp3) is 0.750. The molecule has 0 bridgehead atoms. The molecule has 5 heteroatoms. The maximum atomic E-state index is 5.71. The number of nitrogen functional groups attached to an aromatic ring is 2. The lowest BCUT2D eigenvalue weighted by atomic mass is 9.98. The van der Waals surface area contributed by atoms with Gasteiger partial charge in [-0.1, -0.05) is 13.3 Å². The molecule has 0 amide bonds. The molecule has 72 valence electrons. The Hall–Kier alpha value is -1.26. The normalized spacial score (nSPS) is 28.1. The van der Waals surface area contributed by atoms with Crippen LogP contribution >= 0.6 is 0 Å². The van der Waals surface area contributed by atoms with Gasteiger partial charge in [-0.05, 0) is 18.8 Å². The van der Waals surface area contributed by atoms with Gasteiger partial charge in [-0.15, -0.1) is 10.2 Å². The monoisotopic (exact) mass is 181 g/mol. The number of hydrogen-bond acceptors (Lipinski definition) is 4. The number of nitrogens with zero attached hydrogens (tertiary/aromatic N) is 3. The average molecular weight is 181 g/mol. The largest absolute Gasteiger partial charge is 0.366 e. The minimum absolute atomic E-state index is 0.300. The minimum Gasteiger partial charge on any atom is -0.366 e. The molecule has 2 rings (SSSR count). The summed E-state index contributed by atoms with van der Waals surface area (Å²) in [5.74, 6) is 7.93. The van der Waals surface area contributed by atoms with Crippen LogP contribution in [-0.2, 0) is 0 Å². The highest BCUT2D eigenvalue weighted by atomic mass is 15.4. The zero-order valence-corrected chi connectivity index (χ0v) is 7.77. The highest BCUT2D eigenvalue weighted by molar-refractivity contribution is 5.19. The van der Waals surface area contributed by atoms with E-state index in [0.29, 0.717) is 17.8 Å². The zero-order chi connectivity index (χ0) is 9.42. The third kappa shape index (κ3) is 1.24. The van der Waals surface area contributed by atoms with E-state index in [4.69, 9.17) is 11.6 Å². The van der Waals surface area contributed by atoms with Crippen molar-refractivity contribution in [1.29, 1.82) is 0 Å². The Kier molecular flexibility index (Phi) is 1.86. The van der Waals surface area contributed by atoms with Crippen molar-refractivity contribution in [2.24, 2.45) is 5.92 Å². The van der Waals surface area contributed by atoms with E-state index < -0.39 is 0 Å². The highest BCUT2D eigenvalue weighted by Gasteiger charge is 2.29.